The van der Waals surface area contributed by atoms with E-state index in [9.17, 15) is 4.79 Å². The smallest absolute Gasteiger partial charge is 0.253 e. The summed E-state index contributed by atoms with van der Waals surface area (Å²) in [5, 5.41) is 7.70. The minimum Gasteiger partial charge on any atom is -0.357 e. The predicted octanol–water partition coefficient (Wildman–Crippen LogP) is 4.57. The molecule has 1 amide bonds. The molecule has 8 heteroatoms. The third kappa shape index (κ3) is 7.48. The van der Waals surface area contributed by atoms with E-state index >= 15 is 0 Å². The molecule has 2 rings (SSSR count). The summed E-state index contributed by atoms with van der Waals surface area (Å²) >= 11 is 12.1. The van der Waals surface area contributed by atoms with Crippen LogP contribution in [0.5, 0.6) is 0 Å². The van der Waals surface area contributed by atoms with Crippen LogP contribution in [0.3, 0.4) is 0 Å². The summed E-state index contributed by atoms with van der Waals surface area (Å²) < 4.78 is 0. The highest BCUT2D eigenvalue weighted by Gasteiger charge is 2.07. The van der Waals surface area contributed by atoms with E-state index in [2.05, 4.69) is 15.6 Å². The van der Waals surface area contributed by atoms with E-state index in [1.807, 2.05) is 43.3 Å². The van der Waals surface area contributed by atoms with Gasteiger partial charge in [-0.05, 0) is 42.3 Å². The molecule has 2 N–H and O–H groups in total. The van der Waals surface area contributed by atoms with Crippen LogP contribution in [-0.4, -0.2) is 37.4 Å². The number of amides is 1. The second kappa shape index (κ2) is 12.1. The van der Waals surface area contributed by atoms with E-state index in [1.165, 1.54) is 0 Å². The lowest BCUT2D eigenvalue weighted by Crippen LogP contribution is -2.36. The van der Waals surface area contributed by atoms with Crippen molar-refractivity contribution in [2.24, 2.45) is 4.99 Å². The van der Waals surface area contributed by atoms with Crippen LogP contribution in [0, 0.1) is 0 Å². The van der Waals surface area contributed by atoms with Crippen LogP contribution >= 0.6 is 47.2 Å². The van der Waals surface area contributed by atoms with Crippen molar-refractivity contribution in [3.8, 4) is 0 Å². The third-order valence-corrected chi connectivity index (χ3v) is 4.42. The van der Waals surface area contributed by atoms with Crippen molar-refractivity contribution in [1.82, 2.24) is 15.5 Å². The summed E-state index contributed by atoms with van der Waals surface area (Å²) in [5.41, 5.74) is 2.63. The summed E-state index contributed by atoms with van der Waals surface area (Å²) in [6.45, 7) is 3.79. The first-order valence-corrected chi connectivity index (χ1v) is 9.43. The van der Waals surface area contributed by atoms with Crippen molar-refractivity contribution in [2.45, 2.75) is 20.0 Å². The number of hydrogen-bond acceptors (Lipinski definition) is 2. The molecule has 5 nitrogen and oxygen atoms in total. The highest BCUT2D eigenvalue weighted by molar-refractivity contribution is 14.0. The van der Waals surface area contributed by atoms with E-state index in [-0.39, 0.29) is 29.9 Å². The number of halogens is 3. The van der Waals surface area contributed by atoms with Gasteiger partial charge in [0.1, 0.15) is 0 Å². The fourth-order valence-corrected chi connectivity index (χ4v) is 2.84. The molecular weight excluding hydrogens is 510 g/mol. The first-order valence-electron chi connectivity index (χ1n) is 8.67. The Bertz CT molecular complexity index is 810. The fraction of sp³-hybridized carbons (Fsp3) is 0.300. The first kappa shape index (κ1) is 24.5. The van der Waals surface area contributed by atoms with Gasteiger partial charge in [-0.25, -0.2) is 4.99 Å². The molecule has 0 radical (unpaired) electrons. The van der Waals surface area contributed by atoms with Crippen LogP contribution in [0.2, 0.25) is 10.0 Å². The van der Waals surface area contributed by atoms with Crippen molar-refractivity contribution in [3.63, 3.8) is 0 Å². The molecule has 0 aromatic heterocycles. The summed E-state index contributed by atoms with van der Waals surface area (Å²) in [7, 11) is 3.48. The molecule has 0 heterocycles. The van der Waals surface area contributed by atoms with Gasteiger partial charge in [-0.3, -0.25) is 4.79 Å². The highest BCUT2D eigenvalue weighted by Crippen LogP contribution is 2.20. The van der Waals surface area contributed by atoms with E-state index < -0.39 is 0 Å². The van der Waals surface area contributed by atoms with Gasteiger partial charge in [-0.15, -0.1) is 24.0 Å². The standard InChI is InChI=1S/C20H24Cl2N4O.HI/c1-4-23-20(25-13-16-9-10-17(21)11-18(16)22)24-12-14-5-7-15(8-6-14)19(27)26(2)3;/h5-11H,4,12-13H2,1-3H3,(H2,23,24,25);1H. The summed E-state index contributed by atoms with van der Waals surface area (Å²) in [6.07, 6.45) is 0. The number of hydrogen-bond donors (Lipinski definition) is 2. The fourth-order valence-electron chi connectivity index (χ4n) is 2.37. The van der Waals surface area contributed by atoms with Gasteiger partial charge in [0.2, 0.25) is 0 Å². The summed E-state index contributed by atoms with van der Waals surface area (Å²) in [4.78, 5) is 18.1. The summed E-state index contributed by atoms with van der Waals surface area (Å²) in [6, 6.07) is 12.9. The number of aliphatic imine (C=N–C) groups is 1. The van der Waals surface area contributed by atoms with Gasteiger partial charge in [-0.2, -0.15) is 0 Å². The Kier molecular flexibility index (Phi) is 10.6. The lowest BCUT2D eigenvalue weighted by atomic mass is 10.1. The number of carbonyl (C=O) groups excluding carboxylic acids is 1. The molecular formula is C20H25Cl2IN4O. The molecule has 28 heavy (non-hydrogen) atoms. The van der Waals surface area contributed by atoms with E-state index in [0.717, 1.165) is 17.7 Å². The minimum atomic E-state index is -0.0140. The summed E-state index contributed by atoms with van der Waals surface area (Å²) in [5.74, 6) is 0.678. The molecule has 2 aromatic rings. The van der Waals surface area contributed by atoms with Crippen LogP contribution in [-0.2, 0) is 13.1 Å². The van der Waals surface area contributed by atoms with Gasteiger partial charge in [0.05, 0.1) is 6.54 Å². The first-order chi connectivity index (χ1) is 12.9. The van der Waals surface area contributed by atoms with Crippen molar-refractivity contribution in [1.29, 1.82) is 0 Å². The number of nitrogens with zero attached hydrogens (tertiary/aromatic N) is 2. The van der Waals surface area contributed by atoms with E-state index in [4.69, 9.17) is 23.2 Å². The Morgan fingerprint density at radius 1 is 1.07 bits per heavy atom. The Morgan fingerprint density at radius 2 is 1.75 bits per heavy atom. The van der Waals surface area contributed by atoms with Crippen molar-refractivity contribution in [2.75, 3.05) is 20.6 Å². The molecule has 2 aromatic carbocycles. The molecule has 0 atom stereocenters. The molecule has 0 aliphatic rings. The monoisotopic (exact) mass is 534 g/mol. The number of nitrogens with one attached hydrogen (secondary N) is 2. The largest absolute Gasteiger partial charge is 0.357 e. The lowest BCUT2D eigenvalue weighted by Gasteiger charge is -2.13. The maximum Gasteiger partial charge on any atom is 0.253 e. The molecule has 0 saturated heterocycles. The average molecular weight is 535 g/mol. The molecule has 0 aliphatic heterocycles. The maximum absolute atomic E-state index is 11.9. The number of guanidine groups is 1. The zero-order chi connectivity index (χ0) is 19.8. The van der Waals surface area contributed by atoms with E-state index in [1.54, 1.807) is 25.1 Å². The minimum absolute atomic E-state index is 0. The zero-order valence-corrected chi connectivity index (χ0v) is 20.0. The molecule has 0 bridgehead atoms. The molecule has 152 valence electrons. The quantitative estimate of drug-likeness (QED) is 0.324. The molecule has 0 unspecified atom stereocenters. The maximum atomic E-state index is 11.9. The van der Waals surface area contributed by atoms with Gasteiger partial charge in [0.25, 0.3) is 5.91 Å². The van der Waals surface area contributed by atoms with Gasteiger partial charge in [0, 0.05) is 42.8 Å². The van der Waals surface area contributed by atoms with Crippen molar-refractivity contribution in [3.05, 3.63) is 69.2 Å². The second-order valence-corrected chi connectivity index (χ2v) is 7.02. The molecule has 0 saturated carbocycles. The Balaban J connectivity index is 0.00000392. The Hall–Kier alpha value is -1.51. The van der Waals surface area contributed by atoms with Crippen molar-refractivity contribution >= 4 is 59.0 Å². The van der Waals surface area contributed by atoms with Crippen LogP contribution in [0.25, 0.3) is 0 Å². The number of carbonyl (C=O) groups is 1. The van der Waals surface area contributed by atoms with E-state index in [0.29, 0.717) is 34.7 Å². The van der Waals surface area contributed by atoms with Gasteiger partial charge >= 0.3 is 0 Å². The zero-order valence-electron chi connectivity index (χ0n) is 16.1. The van der Waals surface area contributed by atoms with Crippen molar-refractivity contribution < 1.29 is 4.79 Å². The van der Waals surface area contributed by atoms with Crippen LogP contribution < -0.4 is 10.6 Å². The second-order valence-electron chi connectivity index (χ2n) is 6.18. The highest BCUT2D eigenvalue weighted by atomic mass is 127. The molecule has 0 fully saturated rings. The third-order valence-electron chi connectivity index (χ3n) is 3.83. The Labute approximate surface area is 193 Å². The average Bonchev–Trinajstić information content (AvgIpc) is 2.65. The number of rotatable bonds is 6. The predicted molar refractivity (Wildman–Crippen MR) is 128 cm³/mol. The van der Waals surface area contributed by atoms with Gasteiger partial charge < -0.3 is 15.5 Å². The van der Waals surface area contributed by atoms with Crippen LogP contribution in [0.1, 0.15) is 28.4 Å². The topological polar surface area (TPSA) is 56.7 Å². The van der Waals surface area contributed by atoms with Gasteiger partial charge in [0.15, 0.2) is 5.96 Å². The number of benzene rings is 2. The normalized spacial score (nSPS) is 10.8. The SMILES string of the molecule is CCNC(=NCc1ccc(C(=O)N(C)C)cc1)NCc1ccc(Cl)cc1Cl.I. The van der Waals surface area contributed by atoms with Crippen LogP contribution in [0.4, 0.5) is 0 Å². The van der Waals surface area contributed by atoms with Crippen LogP contribution in [0.15, 0.2) is 47.5 Å². The Morgan fingerprint density at radius 3 is 2.32 bits per heavy atom. The molecule has 0 aliphatic carbocycles. The lowest BCUT2D eigenvalue weighted by molar-refractivity contribution is 0.0827. The molecule has 0 spiro atoms. The van der Waals surface area contributed by atoms with Gasteiger partial charge in [-0.1, -0.05) is 41.4 Å².